The Morgan fingerprint density at radius 1 is 1.15 bits per heavy atom. The number of sulfone groups is 1. The molecule has 3 heterocycles. The van der Waals surface area contributed by atoms with Crippen molar-refractivity contribution in [3.8, 4) is 11.4 Å². The average molecular weight is 374 g/mol. The molecule has 0 saturated carbocycles. The van der Waals surface area contributed by atoms with Crippen molar-refractivity contribution >= 4 is 21.3 Å². The quantitative estimate of drug-likeness (QED) is 0.812. The fourth-order valence-electron chi connectivity index (χ4n) is 3.55. The Morgan fingerprint density at radius 2 is 1.81 bits per heavy atom. The molecule has 2 aliphatic heterocycles. The second-order valence-corrected chi connectivity index (χ2v) is 9.24. The van der Waals surface area contributed by atoms with Gasteiger partial charge in [-0.05, 0) is 37.1 Å². The van der Waals surface area contributed by atoms with Crippen molar-refractivity contribution in [3.63, 3.8) is 0 Å². The maximum atomic E-state index is 11.8. The van der Waals surface area contributed by atoms with E-state index in [9.17, 15) is 8.42 Å². The van der Waals surface area contributed by atoms with E-state index in [1.165, 1.54) is 6.26 Å². The summed E-state index contributed by atoms with van der Waals surface area (Å²) in [6, 6.07) is 9.06. The highest BCUT2D eigenvalue weighted by Gasteiger charge is 2.34. The number of ether oxygens (including phenoxy) is 1. The lowest BCUT2D eigenvalue weighted by molar-refractivity contribution is 0.0302. The van der Waals surface area contributed by atoms with E-state index in [4.69, 9.17) is 15.5 Å². The SMILES string of the molecule is CS(=O)(=O)Cc1cc(N2CC3CCC(C2)O3)nc(-c2ccc(N)cc2)n1. The summed E-state index contributed by atoms with van der Waals surface area (Å²) in [6.45, 7) is 1.54. The Morgan fingerprint density at radius 3 is 2.42 bits per heavy atom. The first-order chi connectivity index (χ1) is 12.4. The number of hydrogen-bond donors (Lipinski definition) is 1. The van der Waals surface area contributed by atoms with Crippen molar-refractivity contribution in [1.82, 2.24) is 9.97 Å². The minimum absolute atomic E-state index is 0.109. The number of benzene rings is 1. The molecule has 0 amide bonds. The molecule has 2 aromatic rings. The van der Waals surface area contributed by atoms with Gasteiger partial charge < -0.3 is 15.4 Å². The fourth-order valence-corrected chi connectivity index (χ4v) is 4.24. The van der Waals surface area contributed by atoms with Gasteiger partial charge >= 0.3 is 0 Å². The summed E-state index contributed by atoms with van der Waals surface area (Å²) in [5, 5.41) is 0. The first kappa shape index (κ1) is 17.2. The van der Waals surface area contributed by atoms with Gasteiger partial charge in [0.25, 0.3) is 0 Å². The maximum absolute atomic E-state index is 11.8. The summed E-state index contributed by atoms with van der Waals surface area (Å²) in [5.74, 6) is 1.16. The van der Waals surface area contributed by atoms with Crippen molar-refractivity contribution in [1.29, 1.82) is 0 Å². The number of nitrogens with two attached hydrogens (primary N) is 1. The van der Waals surface area contributed by atoms with Crippen LogP contribution in [0.4, 0.5) is 11.5 Å². The van der Waals surface area contributed by atoms with Crippen LogP contribution in [0.5, 0.6) is 0 Å². The molecule has 2 N–H and O–H groups in total. The van der Waals surface area contributed by atoms with Crippen LogP contribution in [-0.4, -0.2) is 49.9 Å². The monoisotopic (exact) mass is 374 g/mol. The van der Waals surface area contributed by atoms with Gasteiger partial charge in [-0.25, -0.2) is 18.4 Å². The summed E-state index contributed by atoms with van der Waals surface area (Å²) >= 11 is 0. The van der Waals surface area contributed by atoms with Gasteiger partial charge in [0.05, 0.1) is 23.7 Å². The standard InChI is InChI=1S/C18H22N4O3S/c1-26(23,24)11-14-8-17(22-9-15-6-7-16(10-22)25-15)21-18(20-14)12-2-4-13(19)5-3-12/h2-5,8,15-16H,6-7,9-11,19H2,1H3. The number of hydrogen-bond acceptors (Lipinski definition) is 7. The van der Waals surface area contributed by atoms with Crippen molar-refractivity contribution in [2.75, 3.05) is 30.0 Å². The van der Waals surface area contributed by atoms with Gasteiger partial charge in [0, 0.05) is 36.7 Å². The molecule has 0 aliphatic carbocycles. The molecule has 2 atom stereocenters. The molecule has 1 aromatic carbocycles. The summed E-state index contributed by atoms with van der Waals surface area (Å²) in [4.78, 5) is 11.4. The van der Waals surface area contributed by atoms with Gasteiger partial charge in [-0.3, -0.25) is 0 Å². The number of anilines is 2. The Balaban J connectivity index is 1.73. The third kappa shape index (κ3) is 3.81. The molecule has 2 fully saturated rings. The van der Waals surface area contributed by atoms with Crippen LogP contribution < -0.4 is 10.6 Å². The highest BCUT2D eigenvalue weighted by Crippen LogP contribution is 2.30. The molecular formula is C18H22N4O3S. The van der Waals surface area contributed by atoms with Crippen LogP contribution in [0.1, 0.15) is 18.5 Å². The molecule has 1 aromatic heterocycles. The van der Waals surface area contributed by atoms with Gasteiger partial charge in [-0.2, -0.15) is 0 Å². The third-order valence-corrected chi connectivity index (χ3v) is 5.53. The zero-order valence-corrected chi connectivity index (χ0v) is 15.4. The van der Waals surface area contributed by atoms with Crippen molar-refractivity contribution in [2.45, 2.75) is 30.8 Å². The number of nitrogens with zero attached hydrogens (tertiary/aromatic N) is 3. The molecule has 2 unspecified atom stereocenters. The van der Waals surface area contributed by atoms with E-state index in [1.54, 1.807) is 18.2 Å². The second-order valence-electron chi connectivity index (χ2n) is 7.10. The smallest absolute Gasteiger partial charge is 0.161 e. The fraction of sp³-hybridized carbons (Fsp3) is 0.444. The average Bonchev–Trinajstić information content (AvgIpc) is 2.91. The molecule has 8 heteroatoms. The molecule has 2 aliphatic rings. The largest absolute Gasteiger partial charge is 0.399 e. The molecule has 2 saturated heterocycles. The van der Waals surface area contributed by atoms with Gasteiger partial charge in [-0.1, -0.05) is 0 Å². The molecular weight excluding hydrogens is 352 g/mol. The van der Waals surface area contributed by atoms with Crippen LogP contribution in [0.3, 0.4) is 0 Å². The minimum atomic E-state index is -3.19. The van der Waals surface area contributed by atoms with E-state index in [0.717, 1.165) is 37.3 Å². The number of rotatable bonds is 4. The molecule has 0 radical (unpaired) electrons. The predicted octanol–water partition coefficient (Wildman–Crippen LogP) is 1.64. The lowest BCUT2D eigenvalue weighted by Crippen LogP contribution is -2.43. The van der Waals surface area contributed by atoms with Crippen LogP contribution in [0.15, 0.2) is 30.3 Å². The van der Waals surface area contributed by atoms with Crippen molar-refractivity contribution in [2.24, 2.45) is 0 Å². The molecule has 26 heavy (non-hydrogen) atoms. The van der Waals surface area contributed by atoms with Crippen molar-refractivity contribution in [3.05, 3.63) is 36.0 Å². The summed E-state index contributed by atoms with van der Waals surface area (Å²) in [6.07, 6.45) is 3.79. The molecule has 7 nitrogen and oxygen atoms in total. The Hall–Kier alpha value is -2.19. The third-order valence-electron chi connectivity index (χ3n) is 4.71. The second kappa shape index (κ2) is 6.51. The molecule has 4 rings (SSSR count). The zero-order valence-electron chi connectivity index (χ0n) is 14.6. The van der Waals surface area contributed by atoms with E-state index in [-0.39, 0.29) is 18.0 Å². The summed E-state index contributed by atoms with van der Waals surface area (Å²) < 4.78 is 29.5. The van der Waals surface area contributed by atoms with Crippen LogP contribution in [0.25, 0.3) is 11.4 Å². The minimum Gasteiger partial charge on any atom is -0.399 e. The highest BCUT2D eigenvalue weighted by atomic mass is 32.2. The topological polar surface area (TPSA) is 98.4 Å². The van der Waals surface area contributed by atoms with Gasteiger partial charge in [0.15, 0.2) is 15.7 Å². The van der Waals surface area contributed by atoms with Crippen molar-refractivity contribution < 1.29 is 13.2 Å². The van der Waals surface area contributed by atoms with E-state index in [1.807, 2.05) is 12.1 Å². The Bertz CT molecular complexity index is 903. The van der Waals surface area contributed by atoms with E-state index in [2.05, 4.69) is 9.88 Å². The lowest BCUT2D eigenvalue weighted by atomic mass is 10.2. The van der Waals surface area contributed by atoms with Crippen LogP contribution in [0.2, 0.25) is 0 Å². The van der Waals surface area contributed by atoms with Gasteiger partial charge in [-0.15, -0.1) is 0 Å². The molecule has 2 bridgehead atoms. The van der Waals surface area contributed by atoms with Crippen LogP contribution >= 0.6 is 0 Å². The van der Waals surface area contributed by atoms with Gasteiger partial charge in [0.1, 0.15) is 5.82 Å². The highest BCUT2D eigenvalue weighted by molar-refractivity contribution is 7.89. The molecule has 0 spiro atoms. The van der Waals surface area contributed by atoms with E-state index < -0.39 is 9.84 Å². The Kier molecular flexibility index (Phi) is 4.32. The maximum Gasteiger partial charge on any atom is 0.161 e. The first-order valence-corrected chi connectivity index (χ1v) is 10.7. The number of morpholine rings is 1. The number of aromatic nitrogens is 2. The predicted molar refractivity (Wildman–Crippen MR) is 101 cm³/mol. The zero-order chi connectivity index (χ0) is 18.3. The molecule has 138 valence electrons. The lowest BCUT2D eigenvalue weighted by Gasteiger charge is -2.33. The van der Waals surface area contributed by atoms with Gasteiger partial charge in [0.2, 0.25) is 0 Å². The van der Waals surface area contributed by atoms with E-state index in [0.29, 0.717) is 17.2 Å². The van der Waals surface area contributed by atoms with Crippen LogP contribution in [0, 0.1) is 0 Å². The summed E-state index contributed by atoms with van der Waals surface area (Å²) in [5.41, 5.74) is 7.73. The normalized spacial score (nSPS) is 22.6. The first-order valence-electron chi connectivity index (χ1n) is 8.68. The number of fused-ring (bicyclic) bond motifs is 2. The van der Waals surface area contributed by atoms with E-state index >= 15 is 0 Å². The summed E-state index contributed by atoms with van der Waals surface area (Å²) in [7, 11) is -3.19. The number of nitrogen functional groups attached to an aromatic ring is 1. The van der Waals surface area contributed by atoms with Crippen LogP contribution in [-0.2, 0) is 20.3 Å². The Labute approximate surface area is 153 Å².